The lowest BCUT2D eigenvalue weighted by Gasteiger charge is -2.40. The van der Waals surface area contributed by atoms with E-state index in [4.69, 9.17) is 18.9 Å². The highest BCUT2D eigenvalue weighted by Gasteiger charge is 2.50. The van der Waals surface area contributed by atoms with Gasteiger partial charge in [0.05, 0.1) is 30.8 Å². The van der Waals surface area contributed by atoms with Crippen LogP contribution in [-0.2, 0) is 23.7 Å². The molecule has 0 aromatic rings. The first-order chi connectivity index (χ1) is 17.5. The van der Waals surface area contributed by atoms with Crippen molar-refractivity contribution in [2.24, 2.45) is 10.8 Å². The van der Waals surface area contributed by atoms with Crippen molar-refractivity contribution in [1.82, 2.24) is 9.80 Å². The molecule has 0 aliphatic carbocycles. The maximum atomic E-state index is 12.1. The van der Waals surface area contributed by atoms with Crippen LogP contribution < -0.4 is 0 Å². The van der Waals surface area contributed by atoms with Crippen molar-refractivity contribution in [2.75, 3.05) is 39.4 Å². The number of hydrogen-bond donors (Lipinski definition) is 1. The van der Waals surface area contributed by atoms with Gasteiger partial charge in [-0.1, -0.05) is 0 Å². The van der Waals surface area contributed by atoms with Crippen LogP contribution in [0.3, 0.4) is 0 Å². The van der Waals surface area contributed by atoms with Crippen molar-refractivity contribution >= 4 is 18.0 Å². The van der Waals surface area contributed by atoms with E-state index in [2.05, 4.69) is 0 Å². The fourth-order valence-corrected chi connectivity index (χ4v) is 5.57. The number of piperidine rings is 2. The van der Waals surface area contributed by atoms with E-state index >= 15 is 0 Å². The number of ether oxygens (including phenoxy) is 4. The molecule has 0 saturated carbocycles. The van der Waals surface area contributed by atoms with E-state index in [0.717, 1.165) is 12.8 Å². The number of amides is 2. The zero-order valence-electron chi connectivity index (χ0n) is 24.5. The predicted octanol–water partition coefficient (Wildman–Crippen LogP) is 3.77. The summed E-state index contributed by atoms with van der Waals surface area (Å²) >= 11 is 0. The molecule has 4 rings (SSSR count). The van der Waals surface area contributed by atoms with Crippen LogP contribution in [0.4, 0.5) is 9.59 Å². The van der Waals surface area contributed by atoms with Crippen LogP contribution >= 0.6 is 0 Å². The minimum atomic E-state index is -0.479. The number of aliphatic hydroxyl groups is 1. The van der Waals surface area contributed by atoms with Crippen LogP contribution in [-0.4, -0.2) is 102 Å². The van der Waals surface area contributed by atoms with E-state index in [1.54, 1.807) is 16.7 Å². The third kappa shape index (κ3) is 7.18. The average molecular weight is 541 g/mol. The topological polar surface area (TPSA) is 115 Å². The van der Waals surface area contributed by atoms with Gasteiger partial charge in [-0.05, 0) is 81.1 Å². The molecule has 10 nitrogen and oxygen atoms in total. The van der Waals surface area contributed by atoms with E-state index in [9.17, 15) is 19.5 Å². The van der Waals surface area contributed by atoms with Gasteiger partial charge < -0.3 is 33.9 Å². The van der Waals surface area contributed by atoms with Gasteiger partial charge in [-0.15, -0.1) is 0 Å². The molecule has 2 amide bonds. The van der Waals surface area contributed by atoms with Crippen LogP contribution in [0.5, 0.6) is 0 Å². The summed E-state index contributed by atoms with van der Waals surface area (Å²) in [7, 11) is 0. The molecule has 0 aromatic carbocycles. The minimum Gasteiger partial charge on any atom is -0.444 e. The molecule has 0 aromatic heterocycles. The highest BCUT2D eigenvalue weighted by Crippen LogP contribution is 2.42. The molecule has 4 fully saturated rings. The maximum Gasteiger partial charge on any atom is 0.410 e. The molecule has 1 N–H and O–H groups in total. The Morgan fingerprint density at radius 3 is 1.61 bits per heavy atom. The molecule has 4 aliphatic heterocycles. The molecule has 4 aliphatic rings. The van der Waals surface area contributed by atoms with Crippen LogP contribution in [0.15, 0.2) is 0 Å². The zero-order valence-corrected chi connectivity index (χ0v) is 24.5. The second-order valence-electron chi connectivity index (χ2n) is 13.4. The lowest BCUT2D eigenvalue weighted by molar-refractivity contribution is -0.129. The standard InChI is InChI=1S/C14H25NO4.C14H23NO4/c2*1-10-11(16)14(9-18-10)5-7-15(8-6-14)12(17)19-13(2,3)4/h10-11,16H,5-9H2,1-4H3;10H,5-9H2,1-4H3/t10-,11?;10-/m00/s1. The van der Waals surface area contributed by atoms with Gasteiger partial charge in [-0.2, -0.15) is 0 Å². The van der Waals surface area contributed by atoms with Gasteiger partial charge in [-0.3, -0.25) is 4.79 Å². The summed E-state index contributed by atoms with van der Waals surface area (Å²) in [6.45, 7) is 18.3. The largest absolute Gasteiger partial charge is 0.444 e. The highest BCUT2D eigenvalue weighted by molar-refractivity contribution is 5.90. The fraction of sp³-hybridized carbons (Fsp3) is 0.893. The van der Waals surface area contributed by atoms with Gasteiger partial charge in [0, 0.05) is 31.6 Å². The summed E-state index contributed by atoms with van der Waals surface area (Å²) in [5.41, 5.74) is -1.47. The number of carbonyl (C=O) groups excluding carboxylic acids is 3. The number of aliphatic hydroxyl groups excluding tert-OH is 1. The molecule has 4 heterocycles. The normalized spacial score (nSPS) is 28.8. The Bertz CT molecular complexity index is 861. The molecular weight excluding hydrogens is 492 g/mol. The molecule has 0 radical (unpaired) electrons. The van der Waals surface area contributed by atoms with Crippen LogP contribution in [0.25, 0.3) is 0 Å². The smallest absolute Gasteiger partial charge is 0.410 e. The van der Waals surface area contributed by atoms with Gasteiger partial charge in [-0.25, -0.2) is 9.59 Å². The van der Waals surface area contributed by atoms with Crippen molar-refractivity contribution in [1.29, 1.82) is 0 Å². The molecule has 38 heavy (non-hydrogen) atoms. The number of likely N-dealkylation sites (tertiary alicyclic amines) is 2. The van der Waals surface area contributed by atoms with Crippen molar-refractivity contribution in [3.8, 4) is 0 Å². The summed E-state index contributed by atoms with van der Waals surface area (Å²) in [4.78, 5) is 39.5. The molecule has 218 valence electrons. The Hall–Kier alpha value is -1.91. The van der Waals surface area contributed by atoms with Crippen molar-refractivity contribution in [2.45, 2.75) is 111 Å². The van der Waals surface area contributed by atoms with Crippen molar-refractivity contribution in [3.63, 3.8) is 0 Å². The second kappa shape index (κ2) is 11.3. The molecule has 3 atom stereocenters. The van der Waals surface area contributed by atoms with E-state index < -0.39 is 17.3 Å². The number of rotatable bonds is 0. The number of nitrogens with zero attached hydrogens (tertiary/aromatic N) is 2. The van der Waals surface area contributed by atoms with Crippen LogP contribution in [0.1, 0.15) is 81.1 Å². The average Bonchev–Trinajstić information content (AvgIpc) is 3.24. The molecule has 10 heteroatoms. The van der Waals surface area contributed by atoms with Gasteiger partial charge in [0.2, 0.25) is 0 Å². The number of Topliss-reactive ketones (excluding diaryl/α,β-unsaturated/α-hetero) is 1. The molecule has 4 saturated heterocycles. The van der Waals surface area contributed by atoms with Crippen LogP contribution in [0, 0.1) is 10.8 Å². The molecular formula is C28H48N2O8. The van der Waals surface area contributed by atoms with Crippen molar-refractivity contribution < 1.29 is 38.4 Å². The predicted molar refractivity (Wildman–Crippen MR) is 141 cm³/mol. The number of carbonyl (C=O) groups is 3. The van der Waals surface area contributed by atoms with E-state index in [1.807, 2.05) is 48.5 Å². The third-order valence-electron chi connectivity index (χ3n) is 7.99. The van der Waals surface area contributed by atoms with Gasteiger partial charge in [0.25, 0.3) is 0 Å². The Morgan fingerprint density at radius 1 is 0.816 bits per heavy atom. The Kier molecular flexibility index (Phi) is 9.10. The van der Waals surface area contributed by atoms with E-state index in [-0.39, 0.29) is 41.0 Å². The van der Waals surface area contributed by atoms with E-state index in [1.165, 1.54) is 0 Å². The third-order valence-corrected chi connectivity index (χ3v) is 7.99. The Labute approximate surface area is 227 Å². The zero-order chi connectivity index (χ0) is 28.5. The minimum absolute atomic E-state index is 0.104. The monoisotopic (exact) mass is 540 g/mol. The summed E-state index contributed by atoms with van der Waals surface area (Å²) < 4.78 is 21.7. The van der Waals surface area contributed by atoms with Gasteiger partial charge in [0.1, 0.15) is 17.3 Å². The van der Waals surface area contributed by atoms with Gasteiger partial charge in [0.15, 0.2) is 5.78 Å². The van der Waals surface area contributed by atoms with E-state index in [0.29, 0.717) is 52.2 Å². The van der Waals surface area contributed by atoms with Crippen LogP contribution in [0.2, 0.25) is 0 Å². The first kappa shape index (κ1) is 30.6. The van der Waals surface area contributed by atoms with Crippen molar-refractivity contribution in [3.05, 3.63) is 0 Å². The number of ketones is 1. The highest BCUT2D eigenvalue weighted by atomic mass is 16.6. The lowest BCUT2D eigenvalue weighted by atomic mass is 9.75. The summed E-state index contributed by atoms with van der Waals surface area (Å²) in [5.74, 6) is 0.191. The first-order valence-corrected chi connectivity index (χ1v) is 13.9. The SMILES string of the molecule is C[C@@H]1OCC2(CCN(C(=O)OC(C)(C)C)CC2)C1=O.C[C@@H]1OCC2(CCN(C(=O)OC(C)(C)C)CC2)C1O. The molecule has 1 unspecified atom stereocenters. The Balaban J connectivity index is 0.000000211. The maximum absolute atomic E-state index is 12.1. The number of hydrogen-bond acceptors (Lipinski definition) is 8. The Morgan fingerprint density at radius 2 is 1.26 bits per heavy atom. The second-order valence-corrected chi connectivity index (χ2v) is 13.4. The quantitative estimate of drug-likeness (QED) is 0.494. The summed E-state index contributed by atoms with van der Waals surface area (Å²) in [5, 5.41) is 10.2. The first-order valence-electron chi connectivity index (χ1n) is 13.9. The fourth-order valence-electron chi connectivity index (χ4n) is 5.57. The molecule has 0 bridgehead atoms. The summed E-state index contributed by atoms with van der Waals surface area (Å²) in [6, 6.07) is 0. The molecule has 2 spiro atoms. The summed E-state index contributed by atoms with van der Waals surface area (Å²) in [6.07, 6.45) is 1.53. The lowest BCUT2D eigenvalue weighted by Crippen LogP contribution is -2.49. The van der Waals surface area contributed by atoms with Gasteiger partial charge >= 0.3 is 12.2 Å².